The van der Waals surface area contributed by atoms with Crippen LogP contribution in [-0.2, 0) is 12.4 Å². The Morgan fingerprint density at radius 3 is 1.84 bits per heavy atom. The SMILES string of the molecule is CC(C)CC(C)(C#N)SC(=S)c1cc(C(F)(F)F)cc(C(F)(F)F)c1. The maximum atomic E-state index is 12.9. The highest BCUT2D eigenvalue weighted by Gasteiger charge is 2.38. The fourth-order valence-electron chi connectivity index (χ4n) is 2.23. The summed E-state index contributed by atoms with van der Waals surface area (Å²) >= 11 is 5.83. The lowest BCUT2D eigenvalue weighted by atomic mass is 9.99. The molecule has 0 aliphatic rings. The lowest BCUT2D eigenvalue weighted by Crippen LogP contribution is -2.22. The van der Waals surface area contributed by atoms with E-state index >= 15 is 0 Å². The number of nitriles is 1. The Balaban J connectivity index is 3.32. The Bertz CT molecular complexity index is 655. The molecule has 0 saturated heterocycles. The predicted octanol–water partition coefficient (Wildman–Crippen LogP) is 6.46. The topological polar surface area (TPSA) is 23.8 Å². The minimum absolute atomic E-state index is 0.0500. The van der Waals surface area contributed by atoms with Gasteiger partial charge in [0.2, 0.25) is 0 Å². The first-order valence-electron chi connectivity index (χ1n) is 7.12. The minimum atomic E-state index is -4.94. The van der Waals surface area contributed by atoms with Crippen LogP contribution in [0.3, 0.4) is 0 Å². The van der Waals surface area contributed by atoms with Crippen molar-refractivity contribution in [1.82, 2.24) is 0 Å². The van der Waals surface area contributed by atoms with E-state index in [1.54, 1.807) is 6.92 Å². The molecule has 0 spiro atoms. The van der Waals surface area contributed by atoms with E-state index in [-0.39, 0.29) is 21.7 Å². The highest BCUT2D eigenvalue weighted by molar-refractivity contribution is 8.24. The fraction of sp³-hybridized carbons (Fsp3) is 0.500. The molecule has 1 atom stereocenters. The summed E-state index contributed by atoms with van der Waals surface area (Å²) in [4.78, 5) is 0. The third-order valence-electron chi connectivity index (χ3n) is 3.18. The zero-order chi connectivity index (χ0) is 19.6. The van der Waals surface area contributed by atoms with Gasteiger partial charge in [0.1, 0.15) is 4.75 Å². The lowest BCUT2D eigenvalue weighted by Gasteiger charge is -2.24. The Hall–Kier alpha value is -1.27. The summed E-state index contributed by atoms with van der Waals surface area (Å²) in [7, 11) is 0. The standard InChI is InChI=1S/C16H15F6NS2/c1-9(2)7-14(3,8-23)25-13(24)10-4-11(15(17,18)19)6-12(5-10)16(20,21)22/h4-6,9H,7H2,1-3H3. The molecule has 0 aliphatic heterocycles. The Morgan fingerprint density at radius 2 is 1.52 bits per heavy atom. The molecule has 1 rings (SSSR count). The number of thiocarbonyl (C=S) groups is 1. The monoisotopic (exact) mass is 399 g/mol. The maximum absolute atomic E-state index is 12.9. The molecule has 25 heavy (non-hydrogen) atoms. The van der Waals surface area contributed by atoms with Crippen molar-refractivity contribution in [2.75, 3.05) is 0 Å². The van der Waals surface area contributed by atoms with Crippen LogP contribution >= 0.6 is 24.0 Å². The van der Waals surface area contributed by atoms with Gasteiger partial charge >= 0.3 is 12.4 Å². The molecule has 0 amide bonds. The van der Waals surface area contributed by atoms with Gasteiger partial charge in [0.15, 0.2) is 0 Å². The first-order valence-corrected chi connectivity index (χ1v) is 8.34. The summed E-state index contributed by atoms with van der Waals surface area (Å²) in [5, 5.41) is 9.31. The van der Waals surface area contributed by atoms with Gasteiger partial charge in [0, 0.05) is 5.56 Å². The highest BCUT2D eigenvalue weighted by atomic mass is 32.2. The number of benzene rings is 1. The van der Waals surface area contributed by atoms with Gasteiger partial charge in [0.25, 0.3) is 0 Å². The molecule has 1 nitrogen and oxygen atoms in total. The zero-order valence-corrected chi connectivity index (χ0v) is 15.2. The first-order chi connectivity index (χ1) is 11.2. The van der Waals surface area contributed by atoms with Crippen molar-refractivity contribution in [2.24, 2.45) is 5.92 Å². The van der Waals surface area contributed by atoms with E-state index in [1.807, 2.05) is 19.9 Å². The van der Waals surface area contributed by atoms with Crippen LogP contribution in [0.25, 0.3) is 0 Å². The second-order valence-corrected chi connectivity index (χ2v) is 8.30. The Labute approximate surface area is 151 Å². The normalized spacial score (nSPS) is 14.9. The van der Waals surface area contributed by atoms with E-state index in [4.69, 9.17) is 12.2 Å². The van der Waals surface area contributed by atoms with Crippen LogP contribution in [0.4, 0.5) is 26.3 Å². The molecule has 0 aliphatic carbocycles. The van der Waals surface area contributed by atoms with E-state index in [2.05, 4.69) is 0 Å². The van der Waals surface area contributed by atoms with Crippen molar-refractivity contribution in [2.45, 2.75) is 44.3 Å². The molecular weight excluding hydrogens is 384 g/mol. The van der Waals surface area contributed by atoms with Crippen molar-refractivity contribution in [3.8, 4) is 6.07 Å². The molecule has 9 heteroatoms. The largest absolute Gasteiger partial charge is 0.416 e. The van der Waals surface area contributed by atoms with Crippen molar-refractivity contribution < 1.29 is 26.3 Å². The fourth-order valence-corrected chi connectivity index (χ4v) is 4.00. The molecule has 1 aromatic carbocycles. The predicted molar refractivity (Wildman–Crippen MR) is 89.2 cm³/mol. The molecule has 0 heterocycles. The molecule has 1 unspecified atom stereocenters. The van der Waals surface area contributed by atoms with Gasteiger partial charge in [-0.1, -0.05) is 37.8 Å². The van der Waals surface area contributed by atoms with Crippen LogP contribution in [0.2, 0.25) is 0 Å². The minimum Gasteiger partial charge on any atom is -0.197 e. The number of nitrogens with zero attached hydrogens (tertiary/aromatic N) is 1. The Kier molecular flexibility index (Phi) is 6.57. The van der Waals surface area contributed by atoms with E-state index in [1.165, 1.54) is 0 Å². The first kappa shape index (κ1) is 21.8. The van der Waals surface area contributed by atoms with Gasteiger partial charge in [-0.05, 0) is 37.5 Å². The summed E-state index contributed by atoms with van der Waals surface area (Å²) < 4.78 is 76.2. The quantitative estimate of drug-likeness (QED) is 0.429. The smallest absolute Gasteiger partial charge is 0.197 e. The molecule has 0 bridgehead atoms. The van der Waals surface area contributed by atoms with Crippen LogP contribution in [0, 0.1) is 17.2 Å². The van der Waals surface area contributed by atoms with Crippen molar-refractivity contribution in [3.05, 3.63) is 34.9 Å². The molecule has 0 saturated carbocycles. The lowest BCUT2D eigenvalue weighted by molar-refractivity contribution is -0.143. The van der Waals surface area contributed by atoms with Crippen LogP contribution < -0.4 is 0 Å². The summed E-state index contributed by atoms with van der Waals surface area (Å²) in [6.07, 6.45) is -9.49. The van der Waals surface area contributed by atoms with Crippen LogP contribution in [0.15, 0.2) is 18.2 Å². The average Bonchev–Trinajstić information content (AvgIpc) is 2.44. The third-order valence-corrected chi connectivity index (χ3v) is 4.79. The molecule has 138 valence electrons. The van der Waals surface area contributed by atoms with Crippen molar-refractivity contribution in [1.29, 1.82) is 5.26 Å². The number of thioether (sulfide) groups is 1. The number of halogens is 6. The van der Waals surface area contributed by atoms with Crippen LogP contribution in [0.1, 0.15) is 43.9 Å². The summed E-state index contributed by atoms with van der Waals surface area (Å²) in [5.41, 5.74) is -3.22. The van der Waals surface area contributed by atoms with Crippen LogP contribution in [0.5, 0.6) is 0 Å². The molecule has 0 N–H and O–H groups in total. The molecular formula is C16H15F6NS2. The Morgan fingerprint density at radius 1 is 1.08 bits per heavy atom. The van der Waals surface area contributed by atoms with E-state index in [9.17, 15) is 31.6 Å². The van der Waals surface area contributed by atoms with E-state index in [0.29, 0.717) is 18.6 Å². The van der Waals surface area contributed by atoms with E-state index < -0.39 is 28.2 Å². The zero-order valence-electron chi connectivity index (χ0n) is 13.5. The molecule has 0 fully saturated rings. The number of hydrogen-bond acceptors (Lipinski definition) is 3. The van der Waals surface area contributed by atoms with Gasteiger partial charge in [-0.3, -0.25) is 0 Å². The van der Waals surface area contributed by atoms with Crippen molar-refractivity contribution >= 4 is 28.2 Å². The van der Waals surface area contributed by atoms with Gasteiger partial charge < -0.3 is 0 Å². The van der Waals surface area contributed by atoms with Gasteiger partial charge in [-0.25, -0.2) is 0 Å². The number of hydrogen-bond donors (Lipinski definition) is 0. The molecule has 0 radical (unpaired) electrons. The highest BCUT2D eigenvalue weighted by Crippen LogP contribution is 2.39. The second-order valence-electron chi connectivity index (χ2n) is 6.12. The number of rotatable bonds is 4. The second kappa shape index (κ2) is 7.54. The van der Waals surface area contributed by atoms with Crippen molar-refractivity contribution in [3.63, 3.8) is 0 Å². The summed E-state index contributed by atoms with van der Waals surface area (Å²) in [6, 6.07) is 3.24. The summed E-state index contributed by atoms with van der Waals surface area (Å²) in [5.74, 6) is 0.104. The average molecular weight is 399 g/mol. The van der Waals surface area contributed by atoms with Gasteiger partial charge in [-0.2, -0.15) is 31.6 Å². The maximum Gasteiger partial charge on any atom is 0.416 e. The van der Waals surface area contributed by atoms with Crippen LogP contribution in [-0.4, -0.2) is 8.94 Å². The molecule has 1 aromatic rings. The molecule has 0 aromatic heterocycles. The third kappa shape index (κ3) is 6.19. The van der Waals surface area contributed by atoms with Gasteiger partial charge in [-0.15, -0.1) is 0 Å². The van der Waals surface area contributed by atoms with E-state index in [0.717, 1.165) is 11.8 Å². The van der Waals surface area contributed by atoms with Gasteiger partial charge in [0.05, 0.1) is 21.4 Å². The number of alkyl halides is 6. The summed E-state index contributed by atoms with van der Waals surface area (Å²) in [6.45, 7) is 5.26.